The molecule has 16 heavy (non-hydrogen) atoms. The van der Waals surface area contributed by atoms with Crippen molar-refractivity contribution in [2.45, 2.75) is 38.8 Å². The Labute approximate surface area is 98.0 Å². The lowest BCUT2D eigenvalue weighted by atomic mass is 9.92. The topological polar surface area (TPSA) is 39.1 Å². The third-order valence-electron chi connectivity index (χ3n) is 3.30. The summed E-state index contributed by atoms with van der Waals surface area (Å²) < 4.78 is 7.71. The highest BCUT2D eigenvalue weighted by atomic mass is 16.5. The fourth-order valence-electron chi connectivity index (χ4n) is 1.91. The van der Waals surface area contributed by atoms with Gasteiger partial charge in [0.15, 0.2) is 0 Å². The summed E-state index contributed by atoms with van der Waals surface area (Å²) in [5.74, 6) is 1.02. The number of likely N-dealkylation sites (N-methyl/N-ethyl adjacent to an activating group) is 1. The van der Waals surface area contributed by atoms with Gasteiger partial charge in [-0.1, -0.05) is 13.8 Å². The molecule has 0 saturated carbocycles. The van der Waals surface area contributed by atoms with Crippen LogP contribution in [0, 0.1) is 0 Å². The first-order valence-corrected chi connectivity index (χ1v) is 5.84. The third kappa shape index (κ3) is 2.44. The zero-order valence-electron chi connectivity index (χ0n) is 10.9. The van der Waals surface area contributed by atoms with Crippen molar-refractivity contribution in [3.8, 4) is 0 Å². The highest BCUT2D eigenvalue weighted by Crippen LogP contribution is 2.30. The minimum absolute atomic E-state index is 0.118. The standard InChI is InChI=1S/C12H23N3O/c1-6-12(3,16-5)10(13-7-2)11-14-8-9-15(11)4/h8-10,13H,6-7H2,1-5H3. The summed E-state index contributed by atoms with van der Waals surface area (Å²) in [4.78, 5) is 4.42. The predicted octanol–water partition coefficient (Wildman–Crippen LogP) is 1.89. The van der Waals surface area contributed by atoms with E-state index in [1.165, 1.54) is 0 Å². The first-order chi connectivity index (χ1) is 7.59. The Morgan fingerprint density at radius 2 is 2.25 bits per heavy atom. The van der Waals surface area contributed by atoms with Gasteiger partial charge in [0.05, 0.1) is 11.6 Å². The lowest BCUT2D eigenvalue weighted by Crippen LogP contribution is -2.44. The van der Waals surface area contributed by atoms with Gasteiger partial charge < -0.3 is 14.6 Å². The largest absolute Gasteiger partial charge is 0.376 e. The summed E-state index contributed by atoms with van der Waals surface area (Å²) in [6.45, 7) is 7.25. The van der Waals surface area contributed by atoms with Crippen LogP contribution in [0.2, 0.25) is 0 Å². The number of nitrogens with one attached hydrogen (secondary N) is 1. The number of methoxy groups -OCH3 is 1. The molecule has 1 heterocycles. The van der Waals surface area contributed by atoms with E-state index < -0.39 is 0 Å². The van der Waals surface area contributed by atoms with E-state index in [1.54, 1.807) is 7.11 Å². The maximum absolute atomic E-state index is 5.66. The molecule has 0 saturated heterocycles. The van der Waals surface area contributed by atoms with Crippen molar-refractivity contribution in [3.05, 3.63) is 18.2 Å². The minimum Gasteiger partial charge on any atom is -0.376 e. The number of aromatic nitrogens is 2. The molecular weight excluding hydrogens is 202 g/mol. The fourth-order valence-corrected chi connectivity index (χ4v) is 1.91. The molecule has 1 N–H and O–H groups in total. The highest BCUT2D eigenvalue weighted by Gasteiger charge is 2.35. The van der Waals surface area contributed by atoms with Crippen molar-refractivity contribution in [3.63, 3.8) is 0 Å². The van der Waals surface area contributed by atoms with Crippen LogP contribution in [0.5, 0.6) is 0 Å². The van der Waals surface area contributed by atoms with Gasteiger partial charge >= 0.3 is 0 Å². The van der Waals surface area contributed by atoms with Gasteiger partial charge in [-0.3, -0.25) is 0 Å². The average Bonchev–Trinajstić information content (AvgIpc) is 2.71. The summed E-state index contributed by atoms with van der Waals surface area (Å²) in [6.07, 6.45) is 4.73. The van der Waals surface area contributed by atoms with E-state index in [1.807, 2.05) is 24.0 Å². The Balaban J connectivity index is 3.03. The first-order valence-electron chi connectivity index (χ1n) is 5.84. The molecule has 0 spiro atoms. The lowest BCUT2D eigenvalue weighted by molar-refractivity contribution is -0.0325. The minimum atomic E-state index is -0.227. The monoisotopic (exact) mass is 225 g/mol. The molecule has 2 atom stereocenters. The van der Waals surface area contributed by atoms with E-state index in [9.17, 15) is 0 Å². The van der Waals surface area contributed by atoms with Crippen molar-refractivity contribution in [2.24, 2.45) is 7.05 Å². The van der Waals surface area contributed by atoms with Crippen LogP contribution in [-0.2, 0) is 11.8 Å². The zero-order valence-corrected chi connectivity index (χ0v) is 10.9. The van der Waals surface area contributed by atoms with E-state index in [0.29, 0.717) is 0 Å². The van der Waals surface area contributed by atoms with Crippen LogP contribution in [0.3, 0.4) is 0 Å². The number of hydrogen-bond donors (Lipinski definition) is 1. The average molecular weight is 225 g/mol. The number of ether oxygens (including phenoxy) is 1. The number of hydrogen-bond acceptors (Lipinski definition) is 3. The fraction of sp³-hybridized carbons (Fsp3) is 0.750. The predicted molar refractivity (Wildman–Crippen MR) is 65.3 cm³/mol. The Morgan fingerprint density at radius 3 is 2.62 bits per heavy atom. The second-order valence-corrected chi connectivity index (χ2v) is 4.26. The summed E-state index contributed by atoms with van der Waals surface area (Å²) in [7, 11) is 3.77. The van der Waals surface area contributed by atoms with Gasteiger partial charge in [0.2, 0.25) is 0 Å². The van der Waals surface area contributed by atoms with Gasteiger partial charge in [-0.25, -0.2) is 4.98 Å². The molecule has 0 aromatic carbocycles. The van der Waals surface area contributed by atoms with E-state index in [-0.39, 0.29) is 11.6 Å². The number of rotatable bonds is 6. The lowest BCUT2D eigenvalue weighted by Gasteiger charge is -2.35. The third-order valence-corrected chi connectivity index (χ3v) is 3.30. The summed E-state index contributed by atoms with van der Waals surface area (Å²) in [6, 6.07) is 0.118. The maximum atomic E-state index is 5.66. The van der Waals surface area contributed by atoms with E-state index in [2.05, 4.69) is 31.1 Å². The highest BCUT2D eigenvalue weighted by molar-refractivity contribution is 5.06. The molecular formula is C12H23N3O. The molecule has 92 valence electrons. The molecule has 0 aliphatic carbocycles. The molecule has 1 aromatic heterocycles. The van der Waals surface area contributed by atoms with Crippen LogP contribution >= 0.6 is 0 Å². The Hall–Kier alpha value is -0.870. The van der Waals surface area contributed by atoms with Gasteiger partial charge in [0, 0.05) is 26.6 Å². The summed E-state index contributed by atoms with van der Waals surface area (Å²) in [5, 5.41) is 3.46. The van der Waals surface area contributed by atoms with Crippen LogP contribution in [0.15, 0.2) is 12.4 Å². The number of nitrogens with zero attached hydrogens (tertiary/aromatic N) is 2. The van der Waals surface area contributed by atoms with Crippen LogP contribution in [0.25, 0.3) is 0 Å². The molecule has 0 bridgehead atoms. The summed E-state index contributed by atoms with van der Waals surface area (Å²) >= 11 is 0. The quantitative estimate of drug-likeness (QED) is 0.803. The van der Waals surface area contributed by atoms with E-state index >= 15 is 0 Å². The Bertz CT molecular complexity index is 318. The molecule has 1 aromatic rings. The molecule has 1 rings (SSSR count). The number of imidazole rings is 1. The normalized spacial score (nSPS) is 17.1. The van der Waals surface area contributed by atoms with Crippen LogP contribution in [0.4, 0.5) is 0 Å². The van der Waals surface area contributed by atoms with Crippen LogP contribution in [-0.4, -0.2) is 28.8 Å². The first kappa shape index (κ1) is 13.2. The summed E-state index contributed by atoms with van der Waals surface area (Å²) in [5.41, 5.74) is -0.227. The zero-order chi connectivity index (χ0) is 12.2. The second-order valence-electron chi connectivity index (χ2n) is 4.26. The Kier molecular flexibility index (Phi) is 4.50. The van der Waals surface area contributed by atoms with Crippen molar-refractivity contribution >= 4 is 0 Å². The molecule has 0 aliphatic heterocycles. The molecule has 4 heteroatoms. The van der Waals surface area contributed by atoms with Gasteiger partial charge in [-0.15, -0.1) is 0 Å². The molecule has 0 fully saturated rings. The van der Waals surface area contributed by atoms with Crippen LogP contribution in [0.1, 0.15) is 39.1 Å². The second kappa shape index (κ2) is 5.46. The van der Waals surface area contributed by atoms with Crippen molar-refractivity contribution < 1.29 is 4.74 Å². The van der Waals surface area contributed by atoms with E-state index in [4.69, 9.17) is 4.74 Å². The van der Waals surface area contributed by atoms with Gasteiger partial charge in [-0.2, -0.15) is 0 Å². The molecule has 2 unspecified atom stereocenters. The van der Waals surface area contributed by atoms with E-state index in [0.717, 1.165) is 18.8 Å². The van der Waals surface area contributed by atoms with Crippen molar-refractivity contribution in [1.82, 2.24) is 14.9 Å². The molecule has 4 nitrogen and oxygen atoms in total. The van der Waals surface area contributed by atoms with Gasteiger partial charge in [-0.05, 0) is 19.9 Å². The molecule has 0 amide bonds. The van der Waals surface area contributed by atoms with Crippen molar-refractivity contribution in [2.75, 3.05) is 13.7 Å². The smallest absolute Gasteiger partial charge is 0.128 e. The van der Waals surface area contributed by atoms with Gasteiger partial charge in [0.25, 0.3) is 0 Å². The Morgan fingerprint density at radius 1 is 1.56 bits per heavy atom. The molecule has 0 radical (unpaired) electrons. The van der Waals surface area contributed by atoms with Crippen LogP contribution < -0.4 is 5.32 Å². The number of aryl methyl sites for hydroxylation is 1. The van der Waals surface area contributed by atoms with Gasteiger partial charge in [0.1, 0.15) is 5.82 Å². The van der Waals surface area contributed by atoms with Crippen molar-refractivity contribution in [1.29, 1.82) is 0 Å². The SMILES string of the molecule is CCNC(c1nccn1C)C(C)(CC)OC. The molecule has 0 aliphatic rings. The maximum Gasteiger partial charge on any atom is 0.128 e.